The number of methoxy groups -OCH3 is 1. The van der Waals surface area contributed by atoms with Crippen molar-refractivity contribution in [1.29, 1.82) is 0 Å². The number of carbonyl (C=O) groups is 2. The largest absolute Gasteiger partial charge is 0.469 e. The molecule has 0 aromatic carbocycles. The average Bonchev–Trinajstić information content (AvgIpc) is 2.57. The zero-order chi connectivity index (χ0) is 14.8. The van der Waals surface area contributed by atoms with Crippen LogP contribution in [-0.2, 0) is 9.53 Å². The minimum Gasteiger partial charge on any atom is -0.469 e. The van der Waals surface area contributed by atoms with Crippen LogP contribution in [0.25, 0.3) is 0 Å². The molecule has 0 bridgehead atoms. The van der Waals surface area contributed by atoms with Gasteiger partial charge in [0.05, 0.1) is 13.0 Å². The van der Waals surface area contributed by atoms with Crippen LogP contribution in [0.2, 0.25) is 0 Å². The number of rotatable bonds is 3. The van der Waals surface area contributed by atoms with Gasteiger partial charge >= 0.3 is 12.0 Å². The van der Waals surface area contributed by atoms with E-state index in [1.54, 1.807) is 0 Å². The minimum absolute atomic E-state index is 0.166. The Morgan fingerprint density at radius 1 is 1.37 bits per heavy atom. The molecule has 2 atom stereocenters. The van der Waals surface area contributed by atoms with Gasteiger partial charge in [-0.2, -0.15) is 5.10 Å². The first-order chi connectivity index (χ1) is 8.66. The van der Waals surface area contributed by atoms with Crippen molar-refractivity contribution in [3.8, 4) is 0 Å². The Kier molecular flexibility index (Phi) is 4.22. The number of nitrogens with zero attached hydrogens (tertiary/aromatic N) is 1. The number of nitrogens with two attached hydrogens (primary N) is 1. The number of hydrogen-bond acceptors (Lipinski definition) is 4. The molecule has 1 rings (SSSR count). The second-order valence-corrected chi connectivity index (χ2v) is 5.84. The summed E-state index contributed by atoms with van der Waals surface area (Å²) in [5, 5.41) is 4.03. The lowest BCUT2D eigenvalue weighted by atomic mass is 9.63. The predicted molar refractivity (Wildman–Crippen MR) is 72.5 cm³/mol. The number of nitrogens with one attached hydrogen (secondary N) is 1. The summed E-state index contributed by atoms with van der Waals surface area (Å²) in [5.41, 5.74) is 7.45. The lowest BCUT2D eigenvalue weighted by Gasteiger charge is -2.40. The Hall–Kier alpha value is -1.59. The van der Waals surface area contributed by atoms with Crippen molar-refractivity contribution < 1.29 is 14.3 Å². The van der Waals surface area contributed by atoms with Gasteiger partial charge in [-0.3, -0.25) is 4.79 Å². The SMILES string of the molecule is COC(=O)[C@H]1CC[C@@](C)(C(C)=NNC(N)=O)C1(C)C. The molecular formula is C13H23N3O3. The predicted octanol–water partition coefficient (Wildman–Crippen LogP) is 1.65. The van der Waals surface area contributed by atoms with Crippen LogP contribution in [0.1, 0.15) is 40.5 Å². The third kappa shape index (κ3) is 2.57. The van der Waals surface area contributed by atoms with E-state index < -0.39 is 6.03 Å². The highest BCUT2D eigenvalue weighted by molar-refractivity contribution is 5.91. The summed E-state index contributed by atoms with van der Waals surface area (Å²) in [6, 6.07) is -0.691. The Morgan fingerprint density at radius 3 is 2.42 bits per heavy atom. The van der Waals surface area contributed by atoms with Crippen molar-refractivity contribution in [2.45, 2.75) is 40.5 Å². The first kappa shape index (κ1) is 15.5. The maximum atomic E-state index is 11.9. The fourth-order valence-electron chi connectivity index (χ4n) is 2.96. The number of urea groups is 1. The van der Waals surface area contributed by atoms with Gasteiger partial charge in [0.2, 0.25) is 0 Å². The van der Waals surface area contributed by atoms with Crippen LogP contribution in [-0.4, -0.2) is 24.8 Å². The fraction of sp³-hybridized carbons (Fsp3) is 0.769. The Morgan fingerprint density at radius 2 is 1.95 bits per heavy atom. The minimum atomic E-state index is -0.691. The number of carbonyl (C=O) groups excluding carboxylic acids is 2. The number of primary amides is 1. The number of amides is 2. The molecule has 2 amide bonds. The summed E-state index contributed by atoms with van der Waals surface area (Å²) in [7, 11) is 1.41. The molecule has 1 saturated carbocycles. The number of ether oxygens (including phenoxy) is 1. The molecule has 0 heterocycles. The first-order valence-corrected chi connectivity index (χ1v) is 6.35. The fourth-order valence-corrected chi connectivity index (χ4v) is 2.96. The second-order valence-electron chi connectivity index (χ2n) is 5.84. The van der Waals surface area contributed by atoms with E-state index in [4.69, 9.17) is 10.5 Å². The molecular weight excluding hydrogens is 246 g/mol. The van der Waals surface area contributed by atoms with Crippen molar-refractivity contribution in [2.75, 3.05) is 7.11 Å². The van der Waals surface area contributed by atoms with Gasteiger partial charge < -0.3 is 10.5 Å². The molecule has 0 aromatic heterocycles. The van der Waals surface area contributed by atoms with Crippen molar-refractivity contribution >= 4 is 17.7 Å². The maximum Gasteiger partial charge on any atom is 0.332 e. The quantitative estimate of drug-likeness (QED) is 0.463. The molecule has 0 spiro atoms. The third-order valence-corrected chi connectivity index (χ3v) is 4.84. The molecule has 1 aliphatic rings. The van der Waals surface area contributed by atoms with Crippen LogP contribution in [0.4, 0.5) is 4.79 Å². The topological polar surface area (TPSA) is 93.8 Å². The molecule has 0 unspecified atom stereocenters. The van der Waals surface area contributed by atoms with Crippen LogP contribution in [0.5, 0.6) is 0 Å². The van der Waals surface area contributed by atoms with Crippen LogP contribution < -0.4 is 11.2 Å². The molecule has 0 aliphatic heterocycles. The van der Waals surface area contributed by atoms with Gasteiger partial charge in [0.25, 0.3) is 0 Å². The van der Waals surface area contributed by atoms with E-state index in [-0.39, 0.29) is 22.7 Å². The zero-order valence-corrected chi connectivity index (χ0v) is 12.2. The van der Waals surface area contributed by atoms with Crippen molar-refractivity contribution in [3.05, 3.63) is 0 Å². The van der Waals surface area contributed by atoms with E-state index in [1.807, 2.05) is 20.8 Å². The zero-order valence-electron chi connectivity index (χ0n) is 12.2. The van der Waals surface area contributed by atoms with E-state index in [9.17, 15) is 9.59 Å². The molecule has 1 fully saturated rings. The maximum absolute atomic E-state index is 11.9. The lowest BCUT2D eigenvalue weighted by Crippen LogP contribution is -2.43. The molecule has 3 N–H and O–H groups in total. The highest BCUT2D eigenvalue weighted by atomic mass is 16.5. The van der Waals surface area contributed by atoms with Gasteiger partial charge in [0, 0.05) is 11.1 Å². The van der Waals surface area contributed by atoms with Crippen molar-refractivity contribution in [1.82, 2.24) is 5.43 Å². The van der Waals surface area contributed by atoms with E-state index in [0.717, 1.165) is 18.6 Å². The molecule has 6 heteroatoms. The molecule has 6 nitrogen and oxygen atoms in total. The smallest absolute Gasteiger partial charge is 0.332 e. The highest BCUT2D eigenvalue weighted by Gasteiger charge is 2.56. The van der Waals surface area contributed by atoms with Crippen LogP contribution >= 0.6 is 0 Å². The van der Waals surface area contributed by atoms with E-state index in [2.05, 4.69) is 17.5 Å². The molecule has 0 saturated heterocycles. The second kappa shape index (κ2) is 5.19. The average molecular weight is 269 g/mol. The number of esters is 1. The normalized spacial score (nSPS) is 29.9. The number of hydrazone groups is 1. The van der Waals surface area contributed by atoms with Gasteiger partial charge in [-0.15, -0.1) is 0 Å². The Labute approximate surface area is 113 Å². The Bertz CT molecular complexity index is 417. The standard InChI is InChI=1S/C13H23N3O3/c1-8(15-16-11(14)18)13(4)7-6-9(10(17)19-5)12(13,2)3/h9H,6-7H2,1-5H3,(H3,14,16,18)/t9-,13+/m1/s1. The highest BCUT2D eigenvalue weighted by Crippen LogP contribution is 2.56. The molecule has 0 radical (unpaired) electrons. The van der Waals surface area contributed by atoms with Gasteiger partial charge in [-0.1, -0.05) is 20.8 Å². The van der Waals surface area contributed by atoms with Crippen molar-refractivity contribution in [2.24, 2.45) is 27.6 Å². The molecule has 108 valence electrons. The summed E-state index contributed by atoms with van der Waals surface area (Å²) >= 11 is 0. The molecule has 0 aromatic rings. The van der Waals surface area contributed by atoms with E-state index in [0.29, 0.717) is 0 Å². The number of hydrogen-bond donors (Lipinski definition) is 2. The third-order valence-electron chi connectivity index (χ3n) is 4.84. The van der Waals surface area contributed by atoms with Gasteiger partial charge in [0.1, 0.15) is 0 Å². The first-order valence-electron chi connectivity index (χ1n) is 6.35. The summed E-state index contributed by atoms with van der Waals surface area (Å²) in [6.07, 6.45) is 1.56. The van der Waals surface area contributed by atoms with E-state index in [1.165, 1.54) is 7.11 Å². The van der Waals surface area contributed by atoms with Crippen LogP contribution in [0.3, 0.4) is 0 Å². The lowest BCUT2D eigenvalue weighted by molar-refractivity contribution is -0.149. The summed E-state index contributed by atoms with van der Waals surface area (Å²) in [4.78, 5) is 22.6. The molecule has 1 aliphatic carbocycles. The Balaban J connectivity index is 3.03. The van der Waals surface area contributed by atoms with Crippen molar-refractivity contribution in [3.63, 3.8) is 0 Å². The summed E-state index contributed by atoms with van der Waals surface area (Å²) < 4.78 is 4.87. The van der Waals surface area contributed by atoms with Gasteiger partial charge in [0.15, 0.2) is 0 Å². The monoisotopic (exact) mass is 269 g/mol. The molecule has 19 heavy (non-hydrogen) atoms. The van der Waals surface area contributed by atoms with Crippen LogP contribution in [0.15, 0.2) is 5.10 Å². The summed E-state index contributed by atoms with van der Waals surface area (Å²) in [6.45, 7) is 7.96. The van der Waals surface area contributed by atoms with Crippen LogP contribution in [0, 0.1) is 16.7 Å². The summed E-state index contributed by atoms with van der Waals surface area (Å²) in [5.74, 6) is -0.356. The van der Waals surface area contributed by atoms with Gasteiger partial charge in [-0.05, 0) is 25.2 Å². The van der Waals surface area contributed by atoms with E-state index >= 15 is 0 Å². The van der Waals surface area contributed by atoms with Gasteiger partial charge in [-0.25, -0.2) is 10.2 Å².